The number of anilines is 1. The van der Waals surface area contributed by atoms with Crippen LogP contribution in [0.2, 0.25) is 25.7 Å². The Morgan fingerprint density at radius 1 is 1.11 bits per heavy atom. The highest BCUT2D eigenvalue weighted by Gasteiger charge is 2.36. The van der Waals surface area contributed by atoms with E-state index in [2.05, 4.69) is 39.9 Å². The van der Waals surface area contributed by atoms with Gasteiger partial charge in [0.1, 0.15) is 6.73 Å². The molecule has 193 valence electrons. The lowest BCUT2D eigenvalue weighted by atomic mass is 9.98. The van der Waals surface area contributed by atoms with Crippen molar-refractivity contribution >= 4 is 19.9 Å². The van der Waals surface area contributed by atoms with E-state index in [0.29, 0.717) is 36.9 Å². The van der Waals surface area contributed by atoms with E-state index in [0.717, 1.165) is 23.7 Å². The SMILES string of the molecule is Cc1cnncc1-c1nc(N2CCC(Cc3cc(F)c(F)c(F)c3)C2=O)n(COCC[Si-](C)(C)C)n1. The normalized spacial score (nSPS) is 16.2. The molecule has 0 N–H and O–H groups in total. The van der Waals surface area contributed by atoms with Crippen LogP contribution in [-0.2, 0) is 22.7 Å². The Labute approximate surface area is 208 Å². The molecule has 1 atom stereocenters. The summed E-state index contributed by atoms with van der Waals surface area (Å²) in [5, 5.41) is 12.4. The summed E-state index contributed by atoms with van der Waals surface area (Å²) in [6.07, 6.45) is 3.72. The molecule has 36 heavy (non-hydrogen) atoms. The third-order valence-corrected chi connectivity index (χ3v) is 7.82. The first-order valence-electron chi connectivity index (χ1n) is 11.8. The van der Waals surface area contributed by atoms with Crippen molar-refractivity contribution in [1.82, 2.24) is 25.0 Å². The monoisotopic (exact) mass is 518 g/mol. The summed E-state index contributed by atoms with van der Waals surface area (Å²) < 4.78 is 48.1. The van der Waals surface area contributed by atoms with Crippen LogP contribution in [0, 0.1) is 30.3 Å². The van der Waals surface area contributed by atoms with E-state index in [1.165, 1.54) is 4.90 Å². The number of amides is 1. The minimum atomic E-state index is -1.52. The molecular weight excluding hydrogens is 489 g/mol. The Morgan fingerprint density at radius 3 is 2.47 bits per heavy atom. The number of hydrogen-bond donors (Lipinski definition) is 0. The van der Waals surface area contributed by atoms with E-state index in [1.807, 2.05) is 6.92 Å². The van der Waals surface area contributed by atoms with Crippen LogP contribution in [0.25, 0.3) is 11.4 Å². The van der Waals surface area contributed by atoms with Gasteiger partial charge in [-0.3, -0.25) is 9.69 Å². The molecule has 8 nitrogen and oxygen atoms in total. The van der Waals surface area contributed by atoms with E-state index < -0.39 is 31.4 Å². The van der Waals surface area contributed by atoms with Gasteiger partial charge in [-0.25, -0.2) is 17.9 Å². The number of carbonyl (C=O) groups excluding carboxylic acids is 1. The fourth-order valence-electron chi connectivity index (χ4n) is 4.02. The first-order chi connectivity index (χ1) is 17.0. The summed E-state index contributed by atoms with van der Waals surface area (Å²) in [7, 11) is -1.29. The minimum absolute atomic E-state index is 0.0878. The van der Waals surface area contributed by atoms with Crippen molar-refractivity contribution in [1.29, 1.82) is 0 Å². The molecule has 1 aromatic carbocycles. The lowest BCUT2D eigenvalue weighted by molar-refractivity contribution is -0.120. The molecule has 0 aliphatic carbocycles. The number of halogens is 3. The molecule has 4 rings (SSSR count). The molecule has 0 saturated carbocycles. The molecular formula is C24H29F3N6O2Si-. The number of aryl methyl sites for hydroxylation is 1. The fourth-order valence-corrected chi connectivity index (χ4v) is 4.77. The Hall–Kier alpha value is -3.12. The van der Waals surface area contributed by atoms with Crippen molar-refractivity contribution in [3.05, 3.63) is 53.1 Å². The number of rotatable bonds is 9. The summed E-state index contributed by atoms with van der Waals surface area (Å²) in [4.78, 5) is 19.4. The van der Waals surface area contributed by atoms with E-state index in [9.17, 15) is 18.0 Å². The summed E-state index contributed by atoms with van der Waals surface area (Å²) in [5.74, 6) is -4.11. The Morgan fingerprint density at radius 2 is 1.81 bits per heavy atom. The maximum atomic E-state index is 13.7. The van der Waals surface area contributed by atoms with Gasteiger partial charge in [0, 0.05) is 24.6 Å². The zero-order valence-electron chi connectivity index (χ0n) is 20.8. The molecule has 1 amide bonds. The summed E-state index contributed by atoms with van der Waals surface area (Å²) >= 11 is 0. The molecule has 0 bridgehead atoms. The van der Waals surface area contributed by atoms with Gasteiger partial charge in [-0.2, -0.15) is 34.8 Å². The molecule has 0 radical (unpaired) electrons. The third kappa shape index (κ3) is 5.81. The van der Waals surface area contributed by atoms with Gasteiger partial charge in [0.05, 0.1) is 12.4 Å². The second-order valence-electron chi connectivity index (χ2n) is 10.2. The van der Waals surface area contributed by atoms with Gasteiger partial charge in [-0.1, -0.05) is 0 Å². The second-order valence-corrected chi connectivity index (χ2v) is 15.8. The second kappa shape index (κ2) is 10.5. The number of aromatic nitrogens is 5. The summed E-state index contributed by atoms with van der Waals surface area (Å²) in [6.45, 7) is 9.69. The minimum Gasteiger partial charge on any atom is -0.362 e. The van der Waals surface area contributed by atoms with Crippen LogP contribution in [0.3, 0.4) is 0 Å². The first kappa shape index (κ1) is 26.0. The molecule has 1 fully saturated rings. The predicted molar refractivity (Wildman–Crippen MR) is 130 cm³/mol. The standard InChI is InChI=1S/C24H29F3N6O2Si/c1-15-12-28-29-13-18(15)22-30-24(33(31-22)14-35-7-8-36(2,3)4)32-6-5-17(23(32)34)9-16-10-19(25)21(27)20(26)11-16/h10-13,17H,5-9,14H2,1-4H3/q-1. The van der Waals surface area contributed by atoms with Gasteiger partial charge in [0.25, 0.3) is 0 Å². The Balaban J connectivity index is 1.57. The molecule has 1 aliphatic rings. The van der Waals surface area contributed by atoms with Gasteiger partial charge in [0.15, 0.2) is 23.3 Å². The smallest absolute Gasteiger partial charge is 0.233 e. The molecule has 1 unspecified atom stereocenters. The van der Waals surface area contributed by atoms with Crippen molar-refractivity contribution in [2.45, 2.75) is 52.2 Å². The zero-order valence-corrected chi connectivity index (χ0v) is 21.8. The lowest BCUT2D eigenvalue weighted by Gasteiger charge is -2.26. The number of benzene rings is 1. The number of carbonyl (C=O) groups is 1. The van der Waals surface area contributed by atoms with Crippen LogP contribution in [-0.4, -0.2) is 52.1 Å². The average molecular weight is 519 g/mol. The van der Waals surface area contributed by atoms with Crippen LogP contribution < -0.4 is 4.90 Å². The molecule has 3 aromatic rings. The fraction of sp³-hybridized carbons (Fsp3) is 0.458. The van der Waals surface area contributed by atoms with Gasteiger partial charge >= 0.3 is 0 Å². The highest BCUT2D eigenvalue weighted by atomic mass is 28.3. The maximum Gasteiger partial charge on any atom is 0.233 e. The van der Waals surface area contributed by atoms with Crippen molar-refractivity contribution in [2.75, 3.05) is 18.1 Å². The number of ether oxygens (including phenoxy) is 1. The first-order valence-corrected chi connectivity index (χ1v) is 15.5. The highest BCUT2D eigenvalue weighted by Crippen LogP contribution is 2.30. The molecule has 1 saturated heterocycles. The van der Waals surface area contributed by atoms with Crippen molar-refractivity contribution in [2.24, 2.45) is 5.92 Å². The molecule has 3 heterocycles. The van der Waals surface area contributed by atoms with Crippen LogP contribution >= 0.6 is 0 Å². The highest BCUT2D eigenvalue weighted by molar-refractivity contribution is 6.76. The van der Waals surface area contributed by atoms with E-state index in [1.54, 1.807) is 17.1 Å². The molecule has 1 aliphatic heterocycles. The van der Waals surface area contributed by atoms with Crippen LogP contribution in [0.5, 0.6) is 0 Å². The van der Waals surface area contributed by atoms with Crippen molar-refractivity contribution in [3.8, 4) is 11.4 Å². The largest absolute Gasteiger partial charge is 0.362 e. The van der Waals surface area contributed by atoms with E-state index in [4.69, 9.17) is 4.74 Å². The van der Waals surface area contributed by atoms with E-state index in [-0.39, 0.29) is 24.6 Å². The lowest BCUT2D eigenvalue weighted by Crippen LogP contribution is -2.31. The van der Waals surface area contributed by atoms with Crippen LogP contribution in [0.4, 0.5) is 19.1 Å². The number of hydrogen-bond acceptors (Lipinski definition) is 6. The Kier molecular flexibility index (Phi) is 7.55. The molecule has 2 aromatic heterocycles. The van der Waals surface area contributed by atoms with Crippen LogP contribution in [0.15, 0.2) is 24.5 Å². The quantitative estimate of drug-likeness (QED) is 0.238. The predicted octanol–water partition coefficient (Wildman–Crippen LogP) is 4.37. The van der Waals surface area contributed by atoms with E-state index >= 15 is 0 Å². The van der Waals surface area contributed by atoms with Crippen molar-refractivity contribution < 1.29 is 22.7 Å². The number of nitrogens with zero attached hydrogens (tertiary/aromatic N) is 6. The summed E-state index contributed by atoms with van der Waals surface area (Å²) in [5.41, 5.74) is 1.74. The Bertz CT molecular complexity index is 1240. The van der Waals surface area contributed by atoms with Crippen LogP contribution in [0.1, 0.15) is 17.5 Å². The van der Waals surface area contributed by atoms with Gasteiger partial charge < -0.3 is 4.74 Å². The maximum absolute atomic E-state index is 13.7. The summed E-state index contributed by atoms with van der Waals surface area (Å²) in [6, 6.07) is 2.84. The zero-order chi connectivity index (χ0) is 26.0. The van der Waals surface area contributed by atoms with Gasteiger partial charge in [0.2, 0.25) is 11.9 Å². The average Bonchev–Trinajstić information content (AvgIpc) is 3.38. The van der Waals surface area contributed by atoms with Gasteiger partial charge in [-0.15, -0.1) is 19.2 Å². The topological polar surface area (TPSA) is 86.0 Å². The molecule has 0 spiro atoms. The van der Waals surface area contributed by atoms with Crippen molar-refractivity contribution in [3.63, 3.8) is 0 Å². The van der Waals surface area contributed by atoms with Gasteiger partial charge in [-0.05, 0) is 43.0 Å². The third-order valence-electron chi connectivity index (χ3n) is 6.12. The molecule has 12 heteroatoms.